The van der Waals surface area contributed by atoms with E-state index >= 15 is 0 Å². The number of aromatic nitrogens is 5. The molecular formula is C23H23N7O4. The molecule has 2 fully saturated rings. The monoisotopic (exact) mass is 461 g/mol. The lowest BCUT2D eigenvalue weighted by molar-refractivity contribution is -0.139. The van der Waals surface area contributed by atoms with Crippen LogP contribution in [0.15, 0.2) is 42.9 Å². The fraction of sp³-hybridized carbons (Fsp3) is 0.391. The number of cyclic esters (lactones) is 1. The SMILES string of the molecule is O=C1OCc2cc([C@H]3CN4CCN(C(=O)Cc5ccc(-n6cnnn6)nc5)C[C@H]4CO3)ccc21. The number of esters is 1. The van der Waals surface area contributed by atoms with Crippen LogP contribution >= 0.6 is 0 Å². The summed E-state index contributed by atoms with van der Waals surface area (Å²) in [6.45, 7) is 3.79. The van der Waals surface area contributed by atoms with Crippen molar-refractivity contribution in [1.29, 1.82) is 0 Å². The molecular weight excluding hydrogens is 438 g/mol. The highest BCUT2D eigenvalue weighted by molar-refractivity contribution is 5.93. The summed E-state index contributed by atoms with van der Waals surface area (Å²) >= 11 is 0. The standard InChI is InChI=1S/C23H23N7O4/c31-22(7-15-1-4-21(24-9-15)30-14-25-26-27-30)29-6-5-28-11-20(33-13-18(28)10-29)16-2-3-19-17(8-16)12-34-23(19)32/h1-4,8-9,14,18,20H,5-7,10-13H2/t18-,20+/m0/s1. The molecule has 174 valence electrons. The van der Waals surface area contributed by atoms with Gasteiger partial charge in [0.05, 0.1) is 30.7 Å². The maximum atomic E-state index is 12.9. The fourth-order valence-electron chi connectivity index (χ4n) is 4.78. The number of morpholine rings is 1. The molecule has 3 aliphatic rings. The number of amides is 1. The third kappa shape index (κ3) is 3.93. The van der Waals surface area contributed by atoms with Crippen molar-refractivity contribution in [1.82, 2.24) is 35.0 Å². The van der Waals surface area contributed by atoms with Crippen molar-refractivity contribution < 1.29 is 19.1 Å². The van der Waals surface area contributed by atoms with Gasteiger partial charge in [0.15, 0.2) is 5.82 Å². The maximum Gasteiger partial charge on any atom is 0.338 e. The van der Waals surface area contributed by atoms with Gasteiger partial charge in [0, 0.05) is 37.9 Å². The number of carbonyl (C=O) groups excluding carboxylic acids is 2. The summed E-state index contributed by atoms with van der Waals surface area (Å²) in [5, 5.41) is 11.0. The first-order valence-electron chi connectivity index (χ1n) is 11.3. The number of tetrazole rings is 1. The van der Waals surface area contributed by atoms with Gasteiger partial charge in [-0.05, 0) is 39.8 Å². The van der Waals surface area contributed by atoms with E-state index in [0.717, 1.165) is 29.8 Å². The minimum atomic E-state index is -0.258. The lowest BCUT2D eigenvalue weighted by Gasteiger charge is -2.46. The van der Waals surface area contributed by atoms with E-state index in [1.54, 1.807) is 12.3 Å². The molecule has 0 radical (unpaired) electrons. The van der Waals surface area contributed by atoms with Crippen LogP contribution in [0.1, 0.15) is 33.2 Å². The first kappa shape index (κ1) is 20.9. The summed E-state index contributed by atoms with van der Waals surface area (Å²) in [6.07, 6.45) is 3.41. The van der Waals surface area contributed by atoms with Gasteiger partial charge in [-0.2, -0.15) is 4.68 Å². The Kier molecular flexibility index (Phi) is 5.27. The Bertz CT molecular complexity index is 1210. The quantitative estimate of drug-likeness (QED) is 0.514. The van der Waals surface area contributed by atoms with E-state index in [4.69, 9.17) is 9.47 Å². The predicted molar refractivity (Wildman–Crippen MR) is 117 cm³/mol. The van der Waals surface area contributed by atoms with E-state index in [2.05, 4.69) is 25.4 Å². The van der Waals surface area contributed by atoms with Crippen LogP contribution in [0.2, 0.25) is 0 Å². The van der Waals surface area contributed by atoms with Crippen LogP contribution in [0, 0.1) is 0 Å². The second kappa shape index (κ2) is 8.58. The minimum absolute atomic E-state index is 0.0516. The Labute approximate surface area is 195 Å². The lowest BCUT2D eigenvalue weighted by Crippen LogP contribution is -2.59. The molecule has 11 heteroatoms. The van der Waals surface area contributed by atoms with Gasteiger partial charge < -0.3 is 14.4 Å². The van der Waals surface area contributed by atoms with Gasteiger partial charge >= 0.3 is 5.97 Å². The Hall–Kier alpha value is -3.70. The molecule has 6 rings (SSSR count). The van der Waals surface area contributed by atoms with E-state index in [0.29, 0.717) is 44.1 Å². The highest BCUT2D eigenvalue weighted by Crippen LogP contribution is 2.30. The van der Waals surface area contributed by atoms with Gasteiger partial charge in [0.25, 0.3) is 0 Å². The van der Waals surface area contributed by atoms with E-state index < -0.39 is 0 Å². The van der Waals surface area contributed by atoms with Gasteiger partial charge in [0.2, 0.25) is 5.91 Å². The maximum absolute atomic E-state index is 12.9. The number of hydrogen-bond donors (Lipinski definition) is 0. The number of pyridine rings is 1. The summed E-state index contributed by atoms with van der Waals surface area (Å²) in [4.78, 5) is 33.3. The molecule has 0 unspecified atom stereocenters. The van der Waals surface area contributed by atoms with Crippen molar-refractivity contribution in [2.24, 2.45) is 0 Å². The fourth-order valence-corrected chi connectivity index (χ4v) is 4.78. The molecule has 11 nitrogen and oxygen atoms in total. The van der Waals surface area contributed by atoms with Crippen molar-refractivity contribution in [3.05, 3.63) is 65.1 Å². The molecule has 2 aromatic heterocycles. The van der Waals surface area contributed by atoms with Crippen molar-refractivity contribution in [3.8, 4) is 5.82 Å². The number of hydrogen-bond acceptors (Lipinski definition) is 9. The second-order valence-corrected chi connectivity index (χ2v) is 8.76. The highest BCUT2D eigenvalue weighted by Gasteiger charge is 2.36. The second-order valence-electron chi connectivity index (χ2n) is 8.76. The average molecular weight is 461 g/mol. The van der Waals surface area contributed by atoms with Crippen LogP contribution in [-0.4, -0.2) is 85.7 Å². The van der Waals surface area contributed by atoms with Crippen LogP contribution in [0.5, 0.6) is 0 Å². The molecule has 1 amide bonds. The number of benzene rings is 1. The molecule has 3 aromatic rings. The number of piperazine rings is 1. The third-order valence-electron chi connectivity index (χ3n) is 6.68. The predicted octanol–water partition coefficient (Wildman–Crippen LogP) is 0.555. The summed E-state index contributed by atoms with van der Waals surface area (Å²) in [5.74, 6) is 0.430. The van der Waals surface area contributed by atoms with E-state index in [-0.39, 0.29) is 24.0 Å². The zero-order valence-electron chi connectivity index (χ0n) is 18.4. The zero-order valence-corrected chi connectivity index (χ0v) is 18.4. The summed E-state index contributed by atoms with van der Waals surface area (Å²) in [5.41, 5.74) is 3.48. The summed E-state index contributed by atoms with van der Waals surface area (Å²) < 4.78 is 12.8. The Morgan fingerprint density at radius 2 is 2.09 bits per heavy atom. The Morgan fingerprint density at radius 3 is 2.91 bits per heavy atom. The van der Waals surface area contributed by atoms with Crippen LogP contribution < -0.4 is 0 Å². The number of nitrogens with zero attached hydrogens (tertiary/aromatic N) is 7. The Morgan fingerprint density at radius 1 is 1.15 bits per heavy atom. The van der Waals surface area contributed by atoms with E-state index in [1.165, 1.54) is 11.0 Å². The average Bonchev–Trinajstić information content (AvgIpc) is 3.54. The zero-order chi connectivity index (χ0) is 23.1. The number of carbonyl (C=O) groups is 2. The largest absolute Gasteiger partial charge is 0.457 e. The normalized spacial score (nSPS) is 22.2. The molecule has 0 saturated carbocycles. The third-order valence-corrected chi connectivity index (χ3v) is 6.68. The summed E-state index contributed by atoms with van der Waals surface area (Å²) in [7, 11) is 0. The smallest absolute Gasteiger partial charge is 0.338 e. The molecule has 2 atom stereocenters. The van der Waals surface area contributed by atoms with Crippen molar-refractivity contribution in [2.75, 3.05) is 32.8 Å². The van der Waals surface area contributed by atoms with Gasteiger partial charge in [-0.25, -0.2) is 9.78 Å². The number of ether oxygens (including phenoxy) is 2. The Balaban J connectivity index is 1.05. The molecule has 0 aliphatic carbocycles. The molecule has 0 bridgehead atoms. The van der Waals surface area contributed by atoms with Gasteiger partial charge in [-0.1, -0.05) is 12.1 Å². The van der Waals surface area contributed by atoms with Gasteiger partial charge in [0.1, 0.15) is 12.9 Å². The molecule has 0 N–H and O–H groups in total. The number of rotatable bonds is 4. The topological polar surface area (TPSA) is 116 Å². The summed E-state index contributed by atoms with van der Waals surface area (Å²) in [6, 6.07) is 9.65. The molecule has 5 heterocycles. The van der Waals surface area contributed by atoms with Crippen LogP contribution in [0.25, 0.3) is 5.82 Å². The first-order valence-corrected chi connectivity index (χ1v) is 11.3. The van der Waals surface area contributed by atoms with Crippen molar-refractivity contribution in [2.45, 2.75) is 25.2 Å². The molecule has 1 aromatic carbocycles. The van der Waals surface area contributed by atoms with Crippen LogP contribution in [0.3, 0.4) is 0 Å². The van der Waals surface area contributed by atoms with E-state index in [9.17, 15) is 9.59 Å². The first-order chi connectivity index (χ1) is 16.6. The molecule has 34 heavy (non-hydrogen) atoms. The van der Waals surface area contributed by atoms with Crippen LogP contribution in [0.4, 0.5) is 0 Å². The van der Waals surface area contributed by atoms with Crippen molar-refractivity contribution >= 4 is 11.9 Å². The van der Waals surface area contributed by atoms with Gasteiger partial charge in [-0.15, -0.1) is 5.10 Å². The molecule has 3 aliphatic heterocycles. The van der Waals surface area contributed by atoms with Gasteiger partial charge in [-0.3, -0.25) is 9.69 Å². The highest BCUT2D eigenvalue weighted by atomic mass is 16.5. The molecule has 0 spiro atoms. The van der Waals surface area contributed by atoms with E-state index in [1.807, 2.05) is 29.2 Å². The minimum Gasteiger partial charge on any atom is -0.457 e. The number of fused-ring (bicyclic) bond motifs is 2. The lowest BCUT2D eigenvalue weighted by atomic mass is 9.99. The van der Waals surface area contributed by atoms with Crippen molar-refractivity contribution in [3.63, 3.8) is 0 Å². The van der Waals surface area contributed by atoms with Crippen LogP contribution in [-0.2, 0) is 27.3 Å². The molecule has 2 saturated heterocycles.